The van der Waals surface area contributed by atoms with Gasteiger partial charge in [0.2, 0.25) is 0 Å². The summed E-state index contributed by atoms with van der Waals surface area (Å²) in [6, 6.07) is 23.6. The summed E-state index contributed by atoms with van der Waals surface area (Å²) in [4.78, 5) is 0. The van der Waals surface area contributed by atoms with E-state index in [4.69, 9.17) is 0 Å². The van der Waals surface area contributed by atoms with Crippen LogP contribution in [0.5, 0.6) is 0 Å². The Kier molecular flexibility index (Phi) is 1.54. The van der Waals surface area contributed by atoms with Gasteiger partial charge in [0.1, 0.15) is 0 Å². The van der Waals surface area contributed by atoms with E-state index in [9.17, 15) is 0 Å². The van der Waals surface area contributed by atoms with Crippen LogP contribution in [0.2, 0.25) is 0 Å². The molecule has 0 unspecified atom stereocenters. The zero-order valence-electron chi connectivity index (χ0n) is 7.54. The summed E-state index contributed by atoms with van der Waals surface area (Å²) >= 11 is 0. The lowest BCUT2D eigenvalue weighted by molar-refractivity contribution is 1.74. The number of benzene rings is 3. The normalized spacial score (nSPS) is 10.9. The minimum Gasteiger partial charge on any atom is -0.0616 e. The Morgan fingerprint density at radius 1 is 0.929 bits per heavy atom. The fourth-order valence-electron chi connectivity index (χ4n) is 1.66. The maximum absolute atomic E-state index is 3.35. The smallest absolute Gasteiger partial charge is 0.00139 e. The van der Waals surface area contributed by atoms with Gasteiger partial charge in [-0.05, 0) is 57.9 Å². The number of rotatable bonds is 0. The van der Waals surface area contributed by atoms with E-state index in [0.717, 1.165) is 16.2 Å². The lowest BCUT2D eigenvalue weighted by Crippen LogP contribution is -1.75. The molecule has 0 saturated heterocycles. The Morgan fingerprint density at radius 3 is 2.86 bits per heavy atom. The third kappa shape index (κ3) is 1.08. The Balaban J connectivity index is 2.52. The monoisotopic (exact) mass is 175 g/mol. The number of hydrogen-bond acceptors (Lipinski definition) is 0. The molecule has 3 rings (SSSR count). The van der Waals surface area contributed by atoms with Crippen LogP contribution in [-0.2, 0) is 0 Å². The first kappa shape index (κ1) is 7.57. The molecule has 3 radical (unpaired) electrons. The first-order chi connectivity index (χ1) is 6.93. The third-order valence-electron chi connectivity index (χ3n) is 2.36. The molecule has 0 saturated carbocycles. The second-order valence-electron chi connectivity index (χ2n) is 3.28. The van der Waals surface area contributed by atoms with Gasteiger partial charge in [-0.2, -0.15) is 0 Å². The van der Waals surface area contributed by atoms with Crippen molar-refractivity contribution in [3.63, 3.8) is 0 Å². The fourth-order valence-corrected chi connectivity index (χ4v) is 1.66. The zero-order valence-corrected chi connectivity index (χ0v) is 7.54. The topological polar surface area (TPSA) is 0 Å². The average Bonchev–Trinajstić information content (AvgIpc) is 2.26. The summed E-state index contributed by atoms with van der Waals surface area (Å²) in [5.74, 6) is 0. The van der Waals surface area contributed by atoms with Crippen molar-refractivity contribution in [3.05, 3.63) is 60.7 Å². The van der Waals surface area contributed by atoms with Gasteiger partial charge >= 0.3 is 0 Å². The van der Waals surface area contributed by atoms with Gasteiger partial charge in [-0.3, -0.25) is 0 Å². The predicted octanol–water partition coefficient (Wildman–Crippen LogP) is 3.39. The summed E-state index contributed by atoms with van der Waals surface area (Å²) in [6.45, 7) is 0. The van der Waals surface area contributed by atoms with Crippen molar-refractivity contribution in [3.8, 4) is 0 Å². The lowest BCUT2D eigenvalue weighted by Gasteiger charge is -1.99. The summed E-state index contributed by atoms with van der Waals surface area (Å²) < 4.78 is 0. The summed E-state index contributed by atoms with van der Waals surface area (Å²) in [5.41, 5.74) is 0. The minimum atomic E-state index is 1.08. The Labute approximate surface area is 82.8 Å². The van der Waals surface area contributed by atoms with Gasteiger partial charge in [0.05, 0.1) is 0 Å². The molecule has 0 heteroatoms. The maximum Gasteiger partial charge on any atom is -0.00139 e. The molecule has 0 fully saturated rings. The van der Waals surface area contributed by atoms with Crippen molar-refractivity contribution in [1.82, 2.24) is 0 Å². The van der Waals surface area contributed by atoms with Crippen LogP contribution < -0.4 is 0 Å². The van der Waals surface area contributed by atoms with Crippen molar-refractivity contribution in [1.29, 1.82) is 0 Å². The molecule has 0 bridgehead atoms. The number of hydrogen-bond donors (Lipinski definition) is 0. The molecule has 63 valence electrons. The van der Waals surface area contributed by atoms with Crippen LogP contribution in [0, 0.1) is 18.2 Å². The molecule has 0 nitrogen and oxygen atoms in total. The van der Waals surface area contributed by atoms with Crippen molar-refractivity contribution in [2.45, 2.75) is 0 Å². The summed E-state index contributed by atoms with van der Waals surface area (Å²) in [6.07, 6.45) is 0. The van der Waals surface area contributed by atoms with E-state index in [2.05, 4.69) is 36.4 Å². The van der Waals surface area contributed by atoms with Gasteiger partial charge in [-0.25, -0.2) is 0 Å². The van der Waals surface area contributed by atoms with Gasteiger partial charge in [0.25, 0.3) is 0 Å². The molecule has 0 spiro atoms. The van der Waals surface area contributed by atoms with Crippen molar-refractivity contribution >= 4 is 21.5 Å². The fraction of sp³-hybridized carbons (Fsp3) is 0. The summed E-state index contributed by atoms with van der Waals surface area (Å²) in [5, 5.41) is 4.53. The first-order valence-electron chi connectivity index (χ1n) is 4.56. The van der Waals surface area contributed by atoms with Gasteiger partial charge in [0, 0.05) is 0 Å². The molecular weight excluding hydrogens is 168 g/mol. The molecule has 0 aliphatic rings. The Bertz CT molecular complexity index is 489. The highest BCUT2D eigenvalue weighted by Crippen LogP contribution is 2.20. The van der Waals surface area contributed by atoms with E-state index < -0.39 is 0 Å². The highest BCUT2D eigenvalue weighted by atomic mass is 14.0. The quantitative estimate of drug-likeness (QED) is 0.459. The largest absolute Gasteiger partial charge is 0.0616 e. The highest BCUT2D eigenvalue weighted by Gasteiger charge is 1.96. The predicted molar refractivity (Wildman–Crippen MR) is 58.0 cm³/mol. The van der Waals surface area contributed by atoms with Gasteiger partial charge in [-0.15, -0.1) is 0 Å². The van der Waals surface area contributed by atoms with Crippen LogP contribution in [0.4, 0.5) is 0 Å². The van der Waals surface area contributed by atoms with Crippen LogP contribution >= 0.6 is 0 Å². The van der Waals surface area contributed by atoms with E-state index in [1.807, 2.05) is 24.3 Å². The zero-order chi connectivity index (χ0) is 9.38. The van der Waals surface area contributed by atoms with Gasteiger partial charge < -0.3 is 0 Å². The van der Waals surface area contributed by atoms with Crippen molar-refractivity contribution in [2.75, 3.05) is 0 Å². The molecule has 0 atom stereocenters. The molecule has 0 aliphatic carbocycles. The molecular formula is C14H7. The van der Waals surface area contributed by atoms with Crippen molar-refractivity contribution < 1.29 is 0 Å². The maximum atomic E-state index is 3.35. The van der Waals surface area contributed by atoms with E-state index in [0.29, 0.717) is 0 Å². The van der Waals surface area contributed by atoms with Crippen LogP contribution in [0.3, 0.4) is 0 Å². The second kappa shape index (κ2) is 2.85. The Hall–Kier alpha value is -1.82. The van der Waals surface area contributed by atoms with Crippen molar-refractivity contribution in [2.24, 2.45) is 0 Å². The van der Waals surface area contributed by atoms with Gasteiger partial charge in [0.15, 0.2) is 0 Å². The van der Waals surface area contributed by atoms with Crippen LogP contribution in [-0.4, -0.2) is 0 Å². The molecule has 0 N–H and O–H groups in total. The first-order valence-corrected chi connectivity index (χ1v) is 4.56. The van der Waals surface area contributed by atoms with E-state index in [1.165, 1.54) is 5.39 Å². The van der Waals surface area contributed by atoms with E-state index >= 15 is 0 Å². The lowest BCUT2D eigenvalue weighted by atomic mass is 10.0. The SMILES string of the molecule is [c]1c[c]c2cc3ccccc3[c]c2c1. The molecule has 0 aliphatic heterocycles. The average molecular weight is 175 g/mol. The molecule has 0 aromatic heterocycles. The van der Waals surface area contributed by atoms with E-state index in [1.54, 1.807) is 0 Å². The van der Waals surface area contributed by atoms with E-state index in [-0.39, 0.29) is 0 Å². The van der Waals surface area contributed by atoms with Gasteiger partial charge in [-0.1, -0.05) is 24.3 Å². The summed E-state index contributed by atoms with van der Waals surface area (Å²) in [7, 11) is 0. The molecule has 0 amide bonds. The Morgan fingerprint density at radius 2 is 1.86 bits per heavy atom. The molecule has 14 heavy (non-hydrogen) atoms. The third-order valence-corrected chi connectivity index (χ3v) is 2.36. The second-order valence-corrected chi connectivity index (χ2v) is 3.28. The molecule has 0 heterocycles. The van der Waals surface area contributed by atoms with Crippen LogP contribution in [0.15, 0.2) is 42.5 Å². The number of fused-ring (bicyclic) bond motifs is 2. The standard InChI is InChI=1S/C14H7/c1-2-6-12-10-14-8-4-3-7-13(14)9-11(12)5-1/h1-3,5-6,8-9H. The molecule has 3 aromatic carbocycles. The van der Waals surface area contributed by atoms with Crippen LogP contribution in [0.25, 0.3) is 21.5 Å². The minimum absolute atomic E-state index is 1.08. The van der Waals surface area contributed by atoms with Crippen LogP contribution in [0.1, 0.15) is 0 Å². The highest BCUT2D eigenvalue weighted by molar-refractivity contribution is 5.96. The molecule has 3 aromatic rings.